The molecule has 0 aliphatic heterocycles. The first-order chi connectivity index (χ1) is 14.1. The number of nitrogens with zero attached hydrogens (tertiary/aromatic N) is 1. The topological polar surface area (TPSA) is 94.7 Å². The zero-order chi connectivity index (χ0) is 20.5. The normalized spacial score (nSPS) is 10.8. The van der Waals surface area contributed by atoms with E-state index in [9.17, 15) is 9.59 Å². The molecule has 152 valence electrons. The van der Waals surface area contributed by atoms with Crippen molar-refractivity contribution in [2.24, 2.45) is 0 Å². The highest BCUT2D eigenvalue weighted by atomic mass is 16.5. The number of benzene rings is 2. The molecule has 29 heavy (non-hydrogen) atoms. The predicted molar refractivity (Wildman–Crippen MR) is 110 cm³/mol. The molecule has 0 unspecified atom stereocenters. The molecule has 0 fully saturated rings. The van der Waals surface area contributed by atoms with Crippen molar-refractivity contribution in [3.63, 3.8) is 0 Å². The summed E-state index contributed by atoms with van der Waals surface area (Å²) in [5.74, 6) is -0.0634. The van der Waals surface area contributed by atoms with Gasteiger partial charge in [0.15, 0.2) is 0 Å². The molecule has 1 heterocycles. The van der Waals surface area contributed by atoms with Crippen molar-refractivity contribution in [1.29, 1.82) is 0 Å². The number of carboxylic acids is 1. The molecule has 0 saturated carbocycles. The number of nitrogens with one attached hydrogen (secondary N) is 2. The summed E-state index contributed by atoms with van der Waals surface area (Å²) in [4.78, 5) is 25.1. The molecule has 7 nitrogen and oxygen atoms in total. The number of hydrogen-bond donors (Lipinski definition) is 3. The lowest BCUT2D eigenvalue weighted by Crippen LogP contribution is -2.37. The van der Waals surface area contributed by atoms with E-state index in [0.29, 0.717) is 32.5 Å². The van der Waals surface area contributed by atoms with Crippen LogP contribution in [-0.2, 0) is 22.6 Å². The lowest BCUT2D eigenvalue weighted by Gasteiger charge is -2.18. The number of aliphatic carboxylic acids is 1. The number of H-pyrrole nitrogens is 1. The number of hydrogen-bond acceptors (Lipinski definition) is 4. The molecule has 3 rings (SSSR count). The van der Waals surface area contributed by atoms with Gasteiger partial charge in [0.25, 0.3) is 0 Å². The summed E-state index contributed by atoms with van der Waals surface area (Å²) in [6, 6.07) is 17.6. The second-order valence-corrected chi connectivity index (χ2v) is 6.76. The van der Waals surface area contributed by atoms with Gasteiger partial charge in [-0.15, -0.1) is 0 Å². The Bertz CT molecular complexity index is 940. The van der Waals surface area contributed by atoms with E-state index in [-0.39, 0.29) is 6.42 Å². The molecular formula is C22H25N3O4. The minimum absolute atomic E-state index is 0.0989. The lowest BCUT2D eigenvalue weighted by atomic mass is 10.2. The van der Waals surface area contributed by atoms with Crippen LogP contribution in [0.25, 0.3) is 10.9 Å². The van der Waals surface area contributed by atoms with Gasteiger partial charge in [0, 0.05) is 36.1 Å². The number of amides is 1. The average molecular weight is 395 g/mol. The number of carbonyl (C=O) groups excluding carboxylic acids is 1. The monoisotopic (exact) mass is 395 g/mol. The van der Waals surface area contributed by atoms with E-state index in [1.54, 1.807) is 0 Å². The molecule has 7 heteroatoms. The van der Waals surface area contributed by atoms with Crippen LogP contribution in [-0.4, -0.2) is 40.6 Å². The Morgan fingerprint density at radius 1 is 1.17 bits per heavy atom. The van der Waals surface area contributed by atoms with Gasteiger partial charge in [-0.25, -0.2) is 5.43 Å². The maximum Gasteiger partial charge on any atom is 0.303 e. The zero-order valence-corrected chi connectivity index (χ0v) is 16.1. The average Bonchev–Trinajstić information content (AvgIpc) is 3.15. The Kier molecular flexibility index (Phi) is 7.24. The Hall–Kier alpha value is -3.32. The van der Waals surface area contributed by atoms with E-state index in [1.165, 1.54) is 5.01 Å². The fraction of sp³-hybridized carbons (Fsp3) is 0.273. The number of rotatable bonds is 12. The summed E-state index contributed by atoms with van der Waals surface area (Å²) in [6.07, 6.45) is 2.04. The standard InChI is InChI=1S/C22H25N3O4/c26-16-25(23-15-17-5-2-1-3-6-17)11-4-12-29-20-8-9-21-18(14-20)13-19(24-21)7-10-22(27)28/h1-3,5-6,8-9,13-14,16,23-24H,4,7,10-12,15H2,(H,27,28). The first-order valence-corrected chi connectivity index (χ1v) is 9.59. The minimum Gasteiger partial charge on any atom is -0.494 e. The summed E-state index contributed by atoms with van der Waals surface area (Å²) < 4.78 is 5.80. The largest absolute Gasteiger partial charge is 0.494 e. The highest BCUT2D eigenvalue weighted by Gasteiger charge is 2.06. The molecule has 0 atom stereocenters. The van der Waals surface area contributed by atoms with E-state index in [0.717, 1.165) is 34.3 Å². The van der Waals surface area contributed by atoms with Crippen molar-refractivity contribution in [3.8, 4) is 5.75 Å². The highest BCUT2D eigenvalue weighted by molar-refractivity contribution is 5.82. The molecule has 1 aromatic heterocycles. The van der Waals surface area contributed by atoms with Gasteiger partial charge in [-0.05, 0) is 36.2 Å². The molecule has 0 aliphatic carbocycles. The molecule has 2 aromatic carbocycles. The maximum atomic E-state index is 11.2. The lowest BCUT2D eigenvalue weighted by molar-refractivity contribution is -0.137. The number of carbonyl (C=O) groups is 2. The zero-order valence-electron chi connectivity index (χ0n) is 16.1. The van der Waals surface area contributed by atoms with Crippen molar-refractivity contribution in [2.45, 2.75) is 25.8 Å². The fourth-order valence-electron chi connectivity index (χ4n) is 3.02. The van der Waals surface area contributed by atoms with Crippen LogP contribution >= 0.6 is 0 Å². The summed E-state index contributed by atoms with van der Waals surface area (Å²) in [7, 11) is 0. The van der Waals surface area contributed by atoms with Gasteiger partial charge < -0.3 is 14.8 Å². The Morgan fingerprint density at radius 3 is 2.76 bits per heavy atom. The Morgan fingerprint density at radius 2 is 2.00 bits per heavy atom. The van der Waals surface area contributed by atoms with Crippen LogP contribution in [0.3, 0.4) is 0 Å². The minimum atomic E-state index is -0.810. The Balaban J connectivity index is 1.43. The molecule has 3 N–H and O–H groups in total. The summed E-state index contributed by atoms with van der Waals surface area (Å²) >= 11 is 0. The van der Waals surface area contributed by atoms with E-state index >= 15 is 0 Å². The van der Waals surface area contributed by atoms with Gasteiger partial charge in [-0.3, -0.25) is 14.6 Å². The van der Waals surface area contributed by atoms with Gasteiger partial charge in [0.2, 0.25) is 6.41 Å². The van der Waals surface area contributed by atoms with Gasteiger partial charge in [-0.1, -0.05) is 30.3 Å². The van der Waals surface area contributed by atoms with Crippen molar-refractivity contribution in [1.82, 2.24) is 15.4 Å². The molecule has 0 radical (unpaired) electrons. The second kappa shape index (κ2) is 10.3. The van der Waals surface area contributed by atoms with E-state index in [2.05, 4.69) is 10.4 Å². The first-order valence-electron chi connectivity index (χ1n) is 9.59. The number of ether oxygens (including phenoxy) is 1. The van der Waals surface area contributed by atoms with Crippen molar-refractivity contribution in [3.05, 3.63) is 65.9 Å². The third kappa shape index (κ3) is 6.36. The number of fused-ring (bicyclic) bond motifs is 1. The van der Waals surface area contributed by atoms with Crippen molar-refractivity contribution >= 4 is 23.3 Å². The maximum absolute atomic E-state index is 11.2. The number of aromatic nitrogens is 1. The number of carboxylic acid groups (broad SMARTS) is 1. The summed E-state index contributed by atoms with van der Waals surface area (Å²) in [5.41, 5.74) is 6.05. The summed E-state index contributed by atoms with van der Waals surface area (Å²) in [5, 5.41) is 11.3. The van der Waals surface area contributed by atoms with Gasteiger partial charge in [0.05, 0.1) is 13.0 Å². The number of aromatic amines is 1. The van der Waals surface area contributed by atoms with Crippen LogP contribution in [0.1, 0.15) is 24.1 Å². The molecule has 0 spiro atoms. The second-order valence-electron chi connectivity index (χ2n) is 6.76. The first kappa shape index (κ1) is 20.4. The predicted octanol–water partition coefficient (Wildman–Crippen LogP) is 3.12. The third-order valence-electron chi connectivity index (χ3n) is 4.52. The van der Waals surface area contributed by atoms with Crippen molar-refractivity contribution < 1.29 is 19.4 Å². The van der Waals surface area contributed by atoms with Crippen LogP contribution < -0.4 is 10.2 Å². The highest BCUT2D eigenvalue weighted by Crippen LogP contribution is 2.22. The van der Waals surface area contributed by atoms with E-state index < -0.39 is 5.97 Å². The summed E-state index contributed by atoms with van der Waals surface area (Å²) in [6.45, 7) is 1.62. The SMILES string of the molecule is O=CN(CCCOc1ccc2[nH]c(CCC(=O)O)cc2c1)NCc1ccccc1. The van der Waals surface area contributed by atoms with Crippen LogP contribution in [0.15, 0.2) is 54.6 Å². The van der Waals surface area contributed by atoms with E-state index in [1.807, 2.05) is 54.6 Å². The number of aryl methyl sites for hydroxylation is 1. The van der Waals surface area contributed by atoms with Gasteiger partial charge in [0.1, 0.15) is 5.75 Å². The smallest absolute Gasteiger partial charge is 0.303 e. The molecule has 0 bridgehead atoms. The fourth-order valence-corrected chi connectivity index (χ4v) is 3.02. The molecule has 0 saturated heterocycles. The van der Waals surface area contributed by atoms with Gasteiger partial charge in [-0.2, -0.15) is 0 Å². The van der Waals surface area contributed by atoms with Crippen LogP contribution in [0.2, 0.25) is 0 Å². The van der Waals surface area contributed by atoms with E-state index in [4.69, 9.17) is 9.84 Å². The molecule has 3 aromatic rings. The molecular weight excluding hydrogens is 370 g/mol. The number of hydrazine groups is 1. The quantitative estimate of drug-likeness (QED) is 0.249. The molecule has 1 amide bonds. The van der Waals surface area contributed by atoms with Crippen molar-refractivity contribution in [2.75, 3.05) is 13.2 Å². The molecule has 0 aliphatic rings. The third-order valence-corrected chi connectivity index (χ3v) is 4.52. The van der Waals surface area contributed by atoms with Crippen LogP contribution in [0.4, 0.5) is 0 Å². The van der Waals surface area contributed by atoms with Crippen LogP contribution in [0, 0.1) is 0 Å². The van der Waals surface area contributed by atoms with Crippen LogP contribution in [0.5, 0.6) is 5.75 Å². The van der Waals surface area contributed by atoms with Gasteiger partial charge >= 0.3 is 5.97 Å². The Labute approximate surface area is 169 Å².